The molecule has 0 bridgehead atoms. The Morgan fingerprint density at radius 1 is 1.39 bits per heavy atom. The van der Waals surface area contributed by atoms with Crippen LogP contribution in [0, 0.1) is 12.8 Å². The minimum atomic E-state index is -0.0547. The fourth-order valence-electron chi connectivity index (χ4n) is 2.90. The van der Waals surface area contributed by atoms with Crippen molar-refractivity contribution in [3.8, 4) is 0 Å². The second-order valence-corrected chi connectivity index (χ2v) is 5.36. The smallest absolute Gasteiger partial charge is 0.0781 e. The van der Waals surface area contributed by atoms with Crippen molar-refractivity contribution in [2.45, 2.75) is 25.3 Å². The lowest BCUT2D eigenvalue weighted by molar-refractivity contribution is 0.120. The summed E-state index contributed by atoms with van der Waals surface area (Å²) >= 11 is 0. The van der Waals surface area contributed by atoms with Gasteiger partial charge >= 0.3 is 0 Å². The van der Waals surface area contributed by atoms with Gasteiger partial charge in [-0.25, -0.2) is 0 Å². The Bertz CT molecular complexity index is 403. The average molecular weight is 248 g/mol. The summed E-state index contributed by atoms with van der Waals surface area (Å²) in [6, 6.07) is 8.47. The van der Waals surface area contributed by atoms with Gasteiger partial charge in [-0.1, -0.05) is 18.2 Å². The predicted octanol–water partition coefficient (Wildman–Crippen LogP) is 2.19. The van der Waals surface area contributed by atoms with Crippen LogP contribution in [0.4, 0.5) is 5.69 Å². The molecule has 0 heterocycles. The average Bonchev–Trinajstić information content (AvgIpc) is 3.20. The maximum atomic E-state index is 6.10. The number of benzene rings is 1. The van der Waals surface area contributed by atoms with Gasteiger partial charge in [-0.2, -0.15) is 0 Å². The van der Waals surface area contributed by atoms with Crippen molar-refractivity contribution in [3.63, 3.8) is 0 Å². The fraction of sp³-hybridized carbons (Fsp3) is 0.600. The van der Waals surface area contributed by atoms with E-state index in [9.17, 15) is 0 Å². The Kier molecular flexibility index (Phi) is 3.93. The first-order valence-electron chi connectivity index (χ1n) is 6.64. The SMILES string of the molecule is COCC(CN)(C1CC1)N(C)c1ccccc1C. The lowest BCUT2D eigenvalue weighted by atomic mass is 9.91. The molecule has 1 unspecified atom stereocenters. The second kappa shape index (κ2) is 5.29. The van der Waals surface area contributed by atoms with Gasteiger partial charge in [-0.05, 0) is 37.3 Å². The lowest BCUT2D eigenvalue weighted by Crippen LogP contribution is -2.57. The van der Waals surface area contributed by atoms with Crippen molar-refractivity contribution in [2.24, 2.45) is 11.7 Å². The van der Waals surface area contributed by atoms with Crippen LogP contribution in [0.2, 0.25) is 0 Å². The number of ether oxygens (including phenoxy) is 1. The number of para-hydroxylation sites is 1. The van der Waals surface area contributed by atoms with Crippen molar-refractivity contribution in [2.75, 3.05) is 32.2 Å². The summed E-state index contributed by atoms with van der Waals surface area (Å²) in [5.74, 6) is 0.659. The Morgan fingerprint density at radius 3 is 2.56 bits per heavy atom. The molecule has 0 aromatic heterocycles. The first-order valence-corrected chi connectivity index (χ1v) is 6.64. The van der Waals surface area contributed by atoms with E-state index in [4.69, 9.17) is 10.5 Å². The molecule has 1 aliphatic carbocycles. The summed E-state index contributed by atoms with van der Waals surface area (Å²) in [7, 11) is 3.91. The minimum Gasteiger partial charge on any atom is -0.382 e. The van der Waals surface area contributed by atoms with Crippen molar-refractivity contribution < 1.29 is 4.74 Å². The second-order valence-electron chi connectivity index (χ2n) is 5.36. The van der Waals surface area contributed by atoms with E-state index >= 15 is 0 Å². The number of aryl methyl sites for hydroxylation is 1. The highest BCUT2D eigenvalue weighted by Gasteiger charge is 2.47. The van der Waals surface area contributed by atoms with Crippen LogP contribution in [0.5, 0.6) is 0 Å². The van der Waals surface area contributed by atoms with E-state index < -0.39 is 0 Å². The van der Waals surface area contributed by atoms with E-state index in [0.29, 0.717) is 19.1 Å². The van der Waals surface area contributed by atoms with Gasteiger partial charge in [0.15, 0.2) is 0 Å². The van der Waals surface area contributed by atoms with Crippen LogP contribution in [0.25, 0.3) is 0 Å². The Hall–Kier alpha value is -1.06. The molecule has 1 aromatic rings. The Balaban J connectivity index is 2.33. The normalized spacial score (nSPS) is 18.4. The number of hydrogen-bond acceptors (Lipinski definition) is 3. The largest absolute Gasteiger partial charge is 0.382 e. The summed E-state index contributed by atoms with van der Waals surface area (Å²) in [6.07, 6.45) is 2.52. The fourth-order valence-corrected chi connectivity index (χ4v) is 2.90. The van der Waals surface area contributed by atoms with E-state index in [1.165, 1.54) is 24.1 Å². The Labute approximate surface area is 110 Å². The summed E-state index contributed by atoms with van der Waals surface area (Å²) in [5, 5.41) is 0. The van der Waals surface area contributed by atoms with Gasteiger partial charge < -0.3 is 15.4 Å². The van der Waals surface area contributed by atoms with Crippen LogP contribution in [-0.4, -0.2) is 32.8 Å². The van der Waals surface area contributed by atoms with E-state index in [0.717, 1.165) is 0 Å². The maximum absolute atomic E-state index is 6.10. The van der Waals surface area contributed by atoms with Crippen LogP contribution in [-0.2, 0) is 4.74 Å². The third-order valence-electron chi connectivity index (χ3n) is 4.23. The van der Waals surface area contributed by atoms with E-state index in [1.54, 1.807) is 7.11 Å². The maximum Gasteiger partial charge on any atom is 0.0781 e. The summed E-state index contributed by atoms with van der Waals surface area (Å²) in [4.78, 5) is 2.34. The molecule has 0 radical (unpaired) electrons. The first-order chi connectivity index (χ1) is 8.65. The zero-order valence-corrected chi connectivity index (χ0v) is 11.6. The van der Waals surface area contributed by atoms with Crippen molar-refractivity contribution in [3.05, 3.63) is 29.8 Å². The molecule has 3 nitrogen and oxygen atoms in total. The van der Waals surface area contributed by atoms with Crippen molar-refractivity contribution in [1.29, 1.82) is 0 Å². The summed E-state index contributed by atoms with van der Waals surface area (Å²) in [5.41, 5.74) is 8.59. The third kappa shape index (κ3) is 2.25. The van der Waals surface area contributed by atoms with Crippen LogP contribution in [0.3, 0.4) is 0 Å². The molecule has 1 saturated carbocycles. The van der Waals surface area contributed by atoms with Crippen LogP contribution in [0.1, 0.15) is 18.4 Å². The van der Waals surface area contributed by atoms with Gasteiger partial charge in [0.05, 0.1) is 12.1 Å². The number of anilines is 1. The summed E-state index contributed by atoms with van der Waals surface area (Å²) < 4.78 is 5.46. The molecule has 0 aliphatic heterocycles. The molecule has 0 saturated heterocycles. The molecule has 1 atom stereocenters. The van der Waals surface area contributed by atoms with E-state index in [1.807, 2.05) is 0 Å². The van der Waals surface area contributed by atoms with Gasteiger partial charge in [0, 0.05) is 26.4 Å². The van der Waals surface area contributed by atoms with Crippen LogP contribution < -0.4 is 10.6 Å². The van der Waals surface area contributed by atoms with Gasteiger partial charge in [0.1, 0.15) is 0 Å². The number of nitrogens with two attached hydrogens (primary N) is 1. The van der Waals surface area contributed by atoms with Gasteiger partial charge in [0.2, 0.25) is 0 Å². The topological polar surface area (TPSA) is 38.5 Å². The molecule has 0 spiro atoms. The van der Waals surface area contributed by atoms with E-state index in [2.05, 4.69) is 43.1 Å². The highest BCUT2D eigenvalue weighted by Crippen LogP contribution is 2.44. The number of rotatable bonds is 6. The predicted molar refractivity (Wildman–Crippen MR) is 76.0 cm³/mol. The zero-order valence-electron chi connectivity index (χ0n) is 11.6. The molecule has 100 valence electrons. The van der Waals surface area contributed by atoms with Crippen LogP contribution in [0.15, 0.2) is 24.3 Å². The van der Waals surface area contributed by atoms with Crippen LogP contribution >= 0.6 is 0 Å². The molecule has 2 N–H and O–H groups in total. The molecular weight excluding hydrogens is 224 g/mol. The highest BCUT2D eigenvalue weighted by atomic mass is 16.5. The highest BCUT2D eigenvalue weighted by molar-refractivity contribution is 5.55. The zero-order chi connectivity index (χ0) is 13.2. The minimum absolute atomic E-state index is 0.0547. The molecule has 3 heteroatoms. The molecule has 18 heavy (non-hydrogen) atoms. The van der Waals surface area contributed by atoms with Gasteiger partial charge in [0.25, 0.3) is 0 Å². The third-order valence-corrected chi connectivity index (χ3v) is 4.23. The molecule has 2 rings (SSSR count). The molecule has 1 aliphatic rings. The molecule has 0 amide bonds. The van der Waals surface area contributed by atoms with Gasteiger partial charge in [-0.3, -0.25) is 0 Å². The van der Waals surface area contributed by atoms with E-state index in [-0.39, 0.29) is 5.54 Å². The summed E-state index contributed by atoms with van der Waals surface area (Å²) in [6.45, 7) is 3.47. The molecule has 1 fully saturated rings. The number of hydrogen-bond donors (Lipinski definition) is 1. The standard InChI is InChI=1S/C15H24N2O/c1-12-6-4-5-7-14(12)17(2)15(10-16,11-18-3)13-8-9-13/h4-7,13H,8-11,16H2,1-3H3. The van der Waals surface area contributed by atoms with Crippen molar-refractivity contribution >= 4 is 5.69 Å². The number of likely N-dealkylation sites (N-methyl/N-ethyl adjacent to an activating group) is 1. The molecule has 1 aromatic carbocycles. The first kappa shape index (κ1) is 13.4. The quantitative estimate of drug-likeness (QED) is 0.838. The number of nitrogens with zero attached hydrogens (tertiary/aromatic N) is 1. The molecular formula is C15H24N2O. The van der Waals surface area contributed by atoms with Gasteiger partial charge in [-0.15, -0.1) is 0 Å². The number of methoxy groups -OCH3 is 1. The van der Waals surface area contributed by atoms with Crippen molar-refractivity contribution in [1.82, 2.24) is 0 Å². The monoisotopic (exact) mass is 248 g/mol. The lowest BCUT2D eigenvalue weighted by Gasteiger charge is -2.43. The Morgan fingerprint density at radius 2 is 2.06 bits per heavy atom.